The summed E-state index contributed by atoms with van der Waals surface area (Å²) < 4.78 is 36.4. The van der Waals surface area contributed by atoms with E-state index in [0.717, 1.165) is 24.5 Å². The van der Waals surface area contributed by atoms with Crippen LogP contribution in [0.4, 0.5) is 4.39 Å². The van der Waals surface area contributed by atoms with Gasteiger partial charge in [-0.3, -0.25) is 9.59 Å². The molecule has 2 aliphatic heterocycles. The molecule has 1 aromatic rings. The Kier molecular flexibility index (Phi) is 6.18. The number of alkyl halides is 1. The van der Waals surface area contributed by atoms with Crippen LogP contribution < -0.4 is 5.32 Å². The van der Waals surface area contributed by atoms with Gasteiger partial charge in [0.25, 0.3) is 11.8 Å². The van der Waals surface area contributed by atoms with Gasteiger partial charge in [0.05, 0.1) is 26.0 Å². The van der Waals surface area contributed by atoms with Gasteiger partial charge in [-0.15, -0.1) is 11.3 Å². The van der Waals surface area contributed by atoms with Gasteiger partial charge < -0.3 is 10.1 Å². The van der Waals surface area contributed by atoms with Crippen molar-refractivity contribution in [3.05, 3.63) is 15.6 Å². The molecule has 2 amide bonds. The second kappa shape index (κ2) is 8.03. The molecule has 1 spiro atoms. The molecule has 3 heterocycles. The maximum atomic E-state index is 13.8. The van der Waals surface area contributed by atoms with Gasteiger partial charge in [-0.1, -0.05) is 0 Å². The summed E-state index contributed by atoms with van der Waals surface area (Å²) >= 11 is 1.38. The fourth-order valence-corrected chi connectivity index (χ4v) is 6.87. The van der Waals surface area contributed by atoms with Crippen LogP contribution >= 0.6 is 11.3 Å². The highest BCUT2D eigenvalue weighted by atomic mass is 32.2. The zero-order valence-corrected chi connectivity index (χ0v) is 18.9. The third-order valence-corrected chi connectivity index (χ3v) is 8.70. The molecule has 162 valence electrons. The number of aryl methyl sites for hydroxylation is 2. The number of hydrogen-bond acceptors (Lipinski definition) is 6. The predicted octanol–water partition coefficient (Wildman–Crippen LogP) is 2.94. The van der Waals surface area contributed by atoms with Crippen LogP contribution in [-0.4, -0.2) is 56.4 Å². The van der Waals surface area contributed by atoms with Gasteiger partial charge in [0.15, 0.2) is 5.67 Å². The largest absolute Gasteiger partial charge is 0.375 e. The molecular weight excluding hydrogens is 417 g/mol. The minimum atomic E-state index is -2.77. The van der Waals surface area contributed by atoms with E-state index in [1.165, 1.54) is 11.3 Å². The van der Waals surface area contributed by atoms with E-state index in [4.69, 9.17) is 4.74 Å². The van der Waals surface area contributed by atoms with E-state index in [0.29, 0.717) is 37.2 Å². The average molecular weight is 446 g/mol. The Morgan fingerprint density at radius 3 is 2.55 bits per heavy atom. The normalized spacial score (nSPS) is 30.2. The molecule has 2 fully saturated rings. The van der Waals surface area contributed by atoms with E-state index in [9.17, 15) is 18.2 Å². The average Bonchev–Trinajstić information content (AvgIpc) is 2.96. The Hall–Kier alpha value is -1.39. The van der Waals surface area contributed by atoms with Gasteiger partial charge in [-0.05, 0) is 53.4 Å². The molecule has 0 radical (unpaired) electrons. The number of nitrogens with zero attached hydrogens (tertiary/aromatic N) is 2. The number of rotatable bonds is 3. The number of aromatic nitrogens is 1. The van der Waals surface area contributed by atoms with Crippen molar-refractivity contribution in [1.82, 2.24) is 10.3 Å². The number of thiazole rings is 1. The lowest BCUT2D eigenvalue weighted by atomic mass is 9.85. The highest BCUT2D eigenvalue weighted by Gasteiger charge is 2.43. The van der Waals surface area contributed by atoms with Crippen LogP contribution in [0.25, 0.3) is 0 Å². The third kappa shape index (κ3) is 5.21. The molecule has 2 saturated heterocycles. The fourth-order valence-electron chi connectivity index (χ4n) is 3.76. The van der Waals surface area contributed by atoms with E-state index in [2.05, 4.69) is 14.7 Å². The van der Waals surface area contributed by atoms with E-state index >= 15 is 0 Å². The van der Waals surface area contributed by atoms with Crippen molar-refractivity contribution < 1.29 is 22.9 Å². The standard InChI is InChI=1S/C19H28FN3O4S2/c1-12-15(28-13(2)21-12)16(24)22-14-5-8-27-19(11-14)6-9-29(26,10-7-19)23-17(25)18(3,4)20/h14H,5-11H2,1-4H3,(H,22,24). The third-order valence-electron chi connectivity index (χ3n) is 5.45. The number of ether oxygens (including phenoxy) is 1. The minimum absolute atomic E-state index is 0.0458. The number of halogens is 1. The number of carbonyl (C=O) groups excluding carboxylic acids is 2. The summed E-state index contributed by atoms with van der Waals surface area (Å²) in [5, 5.41) is 3.94. The first-order valence-corrected chi connectivity index (χ1v) is 12.4. The van der Waals surface area contributed by atoms with E-state index in [1.54, 1.807) is 0 Å². The number of nitrogens with one attached hydrogen (secondary N) is 1. The van der Waals surface area contributed by atoms with Crippen LogP contribution in [0.3, 0.4) is 0 Å². The van der Waals surface area contributed by atoms with Crippen LogP contribution in [0.1, 0.15) is 59.9 Å². The van der Waals surface area contributed by atoms with Crippen LogP contribution in [0.2, 0.25) is 0 Å². The van der Waals surface area contributed by atoms with E-state index in [-0.39, 0.29) is 23.5 Å². The number of amides is 2. The highest BCUT2D eigenvalue weighted by Crippen LogP contribution is 2.37. The molecule has 1 N–H and O–H groups in total. The quantitative estimate of drug-likeness (QED) is 0.771. The Labute approximate surface area is 175 Å². The van der Waals surface area contributed by atoms with Gasteiger partial charge in [0.2, 0.25) is 0 Å². The van der Waals surface area contributed by atoms with Gasteiger partial charge in [0.1, 0.15) is 4.88 Å². The fraction of sp³-hybridized carbons (Fsp3) is 0.737. The van der Waals surface area contributed by atoms with Crippen molar-refractivity contribution >= 4 is 32.9 Å². The Balaban J connectivity index is 1.65. The Morgan fingerprint density at radius 2 is 2.00 bits per heavy atom. The first kappa shape index (κ1) is 22.3. The van der Waals surface area contributed by atoms with Crippen molar-refractivity contribution in [3.63, 3.8) is 0 Å². The number of hydrogen-bond donors (Lipinski definition) is 1. The van der Waals surface area contributed by atoms with Crippen molar-refractivity contribution in [1.29, 1.82) is 0 Å². The summed E-state index contributed by atoms with van der Waals surface area (Å²) in [4.78, 5) is 29.4. The smallest absolute Gasteiger partial charge is 0.290 e. The molecule has 0 saturated carbocycles. The molecule has 1 unspecified atom stereocenters. The highest BCUT2D eigenvalue weighted by molar-refractivity contribution is 7.93. The van der Waals surface area contributed by atoms with E-state index < -0.39 is 26.9 Å². The van der Waals surface area contributed by atoms with Gasteiger partial charge in [-0.2, -0.15) is 4.36 Å². The number of carbonyl (C=O) groups is 2. The summed E-state index contributed by atoms with van der Waals surface area (Å²) in [6.45, 7) is 6.44. The van der Waals surface area contributed by atoms with Gasteiger partial charge in [-0.25, -0.2) is 13.6 Å². The molecule has 0 bridgehead atoms. The molecule has 7 nitrogen and oxygen atoms in total. The van der Waals surface area contributed by atoms with Crippen LogP contribution in [-0.2, 0) is 19.3 Å². The molecule has 10 heteroatoms. The Bertz CT molecular complexity index is 914. The van der Waals surface area contributed by atoms with Gasteiger partial charge >= 0.3 is 0 Å². The first-order valence-electron chi connectivity index (χ1n) is 9.76. The molecule has 3 rings (SSSR count). The summed E-state index contributed by atoms with van der Waals surface area (Å²) in [5.41, 5.74) is -1.88. The molecule has 1 aromatic heterocycles. The van der Waals surface area contributed by atoms with Crippen molar-refractivity contribution in [2.45, 2.75) is 70.7 Å². The Morgan fingerprint density at radius 1 is 1.34 bits per heavy atom. The van der Waals surface area contributed by atoms with Crippen LogP contribution in [0.15, 0.2) is 4.36 Å². The SMILES string of the molecule is Cc1nc(C)c(C(=O)NC2CCOC3(CCS(=O)(=NC(=O)C(C)(C)F)CC3)C2)s1. The molecular formula is C19H28FN3O4S2. The lowest BCUT2D eigenvalue weighted by molar-refractivity contribution is -0.127. The van der Waals surface area contributed by atoms with Gasteiger partial charge in [0, 0.05) is 24.2 Å². The summed E-state index contributed by atoms with van der Waals surface area (Å²) in [6.07, 6.45) is 2.27. The van der Waals surface area contributed by atoms with Crippen molar-refractivity contribution in [3.8, 4) is 0 Å². The summed E-state index contributed by atoms with van der Waals surface area (Å²) in [5.74, 6) is -0.699. The second-order valence-electron chi connectivity index (χ2n) is 8.39. The zero-order chi connectivity index (χ0) is 21.4. The topological polar surface area (TPSA) is 97.7 Å². The van der Waals surface area contributed by atoms with E-state index in [1.807, 2.05) is 13.8 Å². The molecule has 0 aromatic carbocycles. The second-order valence-corrected chi connectivity index (χ2v) is 12.1. The molecule has 2 aliphatic rings. The maximum Gasteiger partial charge on any atom is 0.290 e. The van der Waals surface area contributed by atoms with Crippen LogP contribution in [0, 0.1) is 13.8 Å². The summed E-state index contributed by atoms with van der Waals surface area (Å²) in [7, 11) is -2.77. The van der Waals surface area contributed by atoms with Crippen LogP contribution in [0.5, 0.6) is 0 Å². The molecule has 1 atom stereocenters. The zero-order valence-electron chi connectivity index (χ0n) is 17.2. The van der Waals surface area contributed by atoms with Crippen molar-refractivity contribution in [2.24, 2.45) is 4.36 Å². The lowest BCUT2D eigenvalue weighted by Gasteiger charge is -2.44. The first-order chi connectivity index (χ1) is 13.4. The molecule has 29 heavy (non-hydrogen) atoms. The predicted molar refractivity (Wildman–Crippen MR) is 110 cm³/mol. The minimum Gasteiger partial charge on any atom is -0.375 e. The maximum absolute atomic E-state index is 13.8. The molecule has 0 aliphatic carbocycles. The lowest BCUT2D eigenvalue weighted by Crippen LogP contribution is -2.52. The van der Waals surface area contributed by atoms with Crippen molar-refractivity contribution in [2.75, 3.05) is 18.1 Å². The monoisotopic (exact) mass is 445 g/mol. The summed E-state index contributed by atoms with van der Waals surface area (Å²) in [6, 6.07) is -0.0458.